The Bertz CT molecular complexity index is 467. The third-order valence-corrected chi connectivity index (χ3v) is 3.61. The Morgan fingerprint density at radius 3 is 3.31 bits per heavy atom. The first-order valence-electron chi connectivity index (χ1n) is 5.48. The Morgan fingerprint density at radius 2 is 2.44 bits per heavy atom. The molecule has 0 bridgehead atoms. The van der Waals surface area contributed by atoms with Crippen LogP contribution >= 0.6 is 11.3 Å². The van der Waals surface area contributed by atoms with E-state index in [0.717, 1.165) is 25.1 Å². The van der Waals surface area contributed by atoms with Crippen molar-refractivity contribution in [1.29, 1.82) is 0 Å². The monoisotopic (exact) mass is 231 g/mol. The molecule has 1 N–H and O–H groups in total. The second kappa shape index (κ2) is 4.31. The van der Waals surface area contributed by atoms with Crippen molar-refractivity contribution in [2.24, 2.45) is 0 Å². The van der Waals surface area contributed by atoms with E-state index in [1.807, 2.05) is 17.8 Å². The van der Waals surface area contributed by atoms with E-state index in [0.29, 0.717) is 6.04 Å². The van der Waals surface area contributed by atoms with Crippen molar-refractivity contribution in [3.63, 3.8) is 0 Å². The van der Waals surface area contributed by atoms with Crippen LogP contribution in [0.25, 0.3) is 0 Å². The van der Waals surface area contributed by atoms with Crippen molar-refractivity contribution in [1.82, 2.24) is 15.3 Å². The average molecular weight is 231 g/mol. The number of hydrogen-bond donors (Lipinski definition) is 1. The van der Waals surface area contributed by atoms with Crippen LogP contribution in [0, 0.1) is 0 Å². The van der Waals surface area contributed by atoms with Gasteiger partial charge in [-0.2, -0.15) is 0 Å². The normalized spacial score (nSPS) is 18.6. The van der Waals surface area contributed by atoms with Crippen molar-refractivity contribution in [2.45, 2.75) is 25.4 Å². The van der Waals surface area contributed by atoms with Crippen LogP contribution in [0.2, 0.25) is 0 Å². The van der Waals surface area contributed by atoms with E-state index >= 15 is 0 Å². The lowest BCUT2D eigenvalue weighted by Crippen LogP contribution is -2.19. The summed E-state index contributed by atoms with van der Waals surface area (Å²) in [5.41, 5.74) is 5.60. The summed E-state index contributed by atoms with van der Waals surface area (Å²) in [5, 5.41) is 5.61. The number of pyridine rings is 1. The highest BCUT2D eigenvalue weighted by Gasteiger charge is 2.22. The fourth-order valence-electron chi connectivity index (χ4n) is 2.16. The number of thiazole rings is 1. The molecule has 3 rings (SSSR count). The Labute approximate surface area is 98.6 Å². The molecule has 4 heteroatoms. The van der Waals surface area contributed by atoms with Gasteiger partial charge in [0.25, 0.3) is 0 Å². The molecule has 0 aliphatic heterocycles. The van der Waals surface area contributed by atoms with Crippen LogP contribution in [0.5, 0.6) is 0 Å². The molecule has 1 atom stereocenters. The molecular formula is C12H13N3S. The van der Waals surface area contributed by atoms with E-state index in [1.54, 1.807) is 11.3 Å². The summed E-state index contributed by atoms with van der Waals surface area (Å²) >= 11 is 1.64. The first kappa shape index (κ1) is 9.93. The molecule has 0 fully saturated rings. The van der Waals surface area contributed by atoms with Gasteiger partial charge in [0.05, 0.1) is 22.9 Å². The summed E-state index contributed by atoms with van der Waals surface area (Å²) in [5.74, 6) is 0. The van der Waals surface area contributed by atoms with Crippen LogP contribution in [0.4, 0.5) is 0 Å². The minimum atomic E-state index is 0.401. The van der Waals surface area contributed by atoms with Gasteiger partial charge < -0.3 is 5.32 Å². The van der Waals surface area contributed by atoms with Crippen LogP contribution in [0.1, 0.15) is 29.4 Å². The van der Waals surface area contributed by atoms with Crippen molar-refractivity contribution in [3.8, 4) is 0 Å². The van der Waals surface area contributed by atoms with E-state index in [2.05, 4.69) is 26.7 Å². The van der Waals surface area contributed by atoms with Crippen molar-refractivity contribution >= 4 is 11.3 Å². The zero-order valence-corrected chi connectivity index (χ0v) is 9.70. The topological polar surface area (TPSA) is 37.8 Å². The molecule has 0 spiro atoms. The molecule has 16 heavy (non-hydrogen) atoms. The van der Waals surface area contributed by atoms with Gasteiger partial charge in [0.1, 0.15) is 0 Å². The summed E-state index contributed by atoms with van der Waals surface area (Å²) in [6.07, 6.45) is 4.16. The molecule has 0 radical (unpaired) electrons. The van der Waals surface area contributed by atoms with E-state index in [1.165, 1.54) is 11.3 Å². The zero-order chi connectivity index (χ0) is 10.8. The largest absolute Gasteiger partial charge is 0.303 e. The van der Waals surface area contributed by atoms with Gasteiger partial charge in [-0.15, -0.1) is 11.3 Å². The predicted molar refractivity (Wildman–Crippen MR) is 64.3 cm³/mol. The van der Waals surface area contributed by atoms with Gasteiger partial charge in [0.15, 0.2) is 0 Å². The molecule has 0 aromatic carbocycles. The SMILES string of the molecule is c1cnc2c(c1)CCC2NCc1cscn1. The minimum Gasteiger partial charge on any atom is -0.303 e. The van der Waals surface area contributed by atoms with E-state index in [9.17, 15) is 0 Å². The van der Waals surface area contributed by atoms with Gasteiger partial charge >= 0.3 is 0 Å². The lowest BCUT2D eigenvalue weighted by molar-refractivity contribution is 0.517. The molecule has 82 valence electrons. The number of hydrogen-bond acceptors (Lipinski definition) is 4. The Morgan fingerprint density at radius 1 is 1.44 bits per heavy atom. The van der Waals surface area contributed by atoms with Gasteiger partial charge in [0, 0.05) is 18.1 Å². The lowest BCUT2D eigenvalue weighted by atomic mass is 10.2. The van der Waals surface area contributed by atoms with Crippen LogP contribution < -0.4 is 5.32 Å². The molecule has 2 heterocycles. The van der Waals surface area contributed by atoms with Gasteiger partial charge in [-0.25, -0.2) is 4.98 Å². The maximum absolute atomic E-state index is 4.46. The summed E-state index contributed by atoms with van der Waals surface area (Å²) in [4.78, 5) is 8.73. The van der Waals surface area contributed by atoms with Crippen LogP contribution in [-0.4, -0.2) is 9.97 Å². The Kier molecular flexibility index (Phi) is 2.68. The number of aryl methyl sites for hydroxylation is 1. The molecule has 2 aromatic rings. The molecule has 1 aliphatic rings. The quantitative estimate of drug-likeness (QED) is 0.881. The molecule has 0 saturated carbocycles. The second-order valence-electron chi connectivity index (χ2n) is 4.00. The number of nitrogens with one attached hydrogen (secondary N) is 1. The standard InChI is InChI=1S/C12H13N3S/c1-2-9-3-4-11(12(9)13-5-1)14-6-10-7-16-8-15-10/h1-2,5,7-8,11,14H,3-4,6H2. The maximum Gasteiger partial charge on any atom is 0.0795 e. The minimum absolute atomic E-state index is 0.401. The summed E-state index contributed by atoms with van der Waals surface area (Å²) in [7, 11) is 0. The van der Waals surface area contributed by atoms with Crippen molar-refractivity contribution in [2.75, 3.05) is 0 Å². The number of rotatable bonds is 3. The van der Waals surface area contributed by atoms with Gasteiger partial charge in [-0.1, -0.05) is 6.07 Å². The average Bonchev–Trinajstić information content (AvgIpc) is 2.96. The van der Waals surface area contributed by atoms with Gasteiger partial charge in [-0.3, -0.25) is 4.98 Å². The molecule has 3 nitrogen and oxygen atoms in total. The van der Waals surface area contributed by atoms with Crippen LogP contribution in [0.3, 0.4) is 0 Å². The summed E-state index contributed by atoms with van der Waals surface area (Å²) in [6.45, 7) is 0.837. The first-order chi connectivity index (χ1) is 7.93. The Balaban J connectivity index is 1.69. The van der Waals surface area contributed by atoms with E-state index in [4.69, 9.17) is 0 Å². The zero-order valence-electron chi connectivity index (χ0n) is 8.89. The third-order valence-electron chi connectivity index (χ3n) is 2.97. The number of fused-ring (bicyclic) bond motifs is 1. The molecular weight excluding hydrogens is 218 g/mol. The fourth-order valence-corrected chi connectivity index (χ4v) is 2.72. The first-order valence-corrected chi connectivity index (χ1v) is 6.42. The molecule has 0 saturated heterocycles. The van der Waals surface area contributed by atoms with Crippen molar-refractivity contribution in [3.05, 3.63) is 46.2 Å². The molecule has 1 aliphatic carbocycles. The maximum atomic E-state index is 4.46. The fraction of sp³-hybridized carbons (Fsp3) is 0.333. The summed E-state index contributed by atoms with van der Waals surface area (Å²) in [6, 6.07) is 4.59. The van der Waals surface area contributed by atoms with E-state index < -0.39 is 0 Å². The van der Waals surface area contributed by atoms with E-state index in [-0.39, 0.29) is 0 Å². The number of aromatic nitrogens is 2. The second-order valence-corrected chi connectivity index (χ2v) is 4.72. The van der Waals surface area contributed by atoms with Gasteiger partial charge in [0.2, 0.25) is 0 Å². The Hall–Kier alpha value is -1.26. The third kappa shape index (κ3) is 1.86. The summed E-state index contributed by atoms with van der Waals surface area (Å²) < 4.78 is 0. The van der Waals surface area contributed by atoms with Crippen molar-refractivity contribution < 1.29 is 0 Å². The number of nitrogens with zero attached hydrogens (tertiary/aromatic N) is 2. The molecule has 0 amide bonds. The highest BCUT2D eigenvalue weighted by molar-refractivity contribution is 7.07. The van der Waals surface area contributed by atoms with Crippen LogP contribution in [0.15, 0.2) is 29.2 Å². The smallest absolute Gasteiger partial charge is 0.0795 e. The lowest BCUT2D eigenvalue weighted by Gasteiger charge is -2.11. The predicted octanol–water partition coefficient (Wildman–Crippen LogP) is 2.32. The molecule has 1 unspecified atom stereocenters. The van der Waals surface area contributed by atoms with Gasteiger partial charge in [-0.05, 0) is 24.5 Å². The highest BCUT2D eigenvalue weighted by Crippen LogP contribution is 2.28. The van der Waals surface area contributed by atoms with Crippen LogP contribution in [-0.2, 0) is 13.0 Å². The highest BCUT2D eigenvalue weighted by atomic mass is 32.1. The molecule has 2 aromatic heterocycles.